The second-order valence-electron chi connectivity index (χ2n) is 8.84. The van der Waals surface area contributed by atoms with E-state index in [9.17, 15) is 34.6 Å². The summed E-state index contributed by atoms with van der Waals surface area (Å²) >= 11 is 0.527. The number of hydrogen-bond donors (Lipinski definition) is 2. The molecular formula is C27H16N5Na4O9PS. The molecule has 20 heteroatoms. The minimum atomic E-state index is -5.29. The average Bonchev–Trinajstić information content (AvgIpc) is 2.98. The van der Waals surface area contributed by atoms with Crippen molar-refractivity contribution in [3.05, 3.63) is 84.4 Å². The van der Waals surface area contributed by atoms with Gasteiger partial charge in [-0.1, -0.05) is 30.3 Å². The molecule has 0 amide bonds. The van der Waals surface area contributed by atoms with Gasteiger partial charge in [-0.15, -0.1) is 15.3 Å². The van der Waals surface area contributed by atoms with Gasteiger partial charge in [-0.2, -0.15) is 9.45 Å². The number of fused-ring (bicyclic) bond motifs is 2. The predicted molar refractivity (Wildman–Crippen MR) is 148 cm³/mol. The number of nitrogens with two attached hydrogens (primary N) is 1. The summed E-state index contributed by atoms with van der Waals surface area (Å²) in [6, 6.07) is 19.0. The van der Waals surface area contributed by atoms with Gasteiger partial charge in [0, 0.05) is 27.4 Å². The number of carboxylic acid groups (broad SMARTS) is 1. The number of phenolic OH excluding ortho intramolecular Hbond substituents is 1. The van der Waals surface area contributed by atoms with Crippen molar-refractivity contribution < 1.29 is 162 Å². The van der Waals surface area contributed by atoms with Gasteiger partial charge >= 0.3 is 118 Å². The summed E-state index contributed by atoms with van der Waals surface area (Å²) in [5.41, 5.74) is 6.14. The van der Waals surface area contributed by atoms with E-state index < -0.39 is 24.4 Å². The number of aromatic hydroxyl groups is 1. The Bertz CT molecular complexity index is 2020. The molecule has 0 fully saturated rings. The maximum absolute atomic E-state index is 11.5. The number of rotatable bonds is 9. The molecule has 0 aliphatic rings. The van der Waals surface area contributed by atoms with Crippen LogP contribution in [0.15, 0.2) is 104 Å². The maximum Gasteiger partial charge on any atom is 1.00 e. The molecule has 5 rings (SSSR count). The molecule has 218 valence electrons. The molecule has 0 heterocycles. The smallest absolute Gasteiger partial charge is 0.807 e. The van der Waals surface area contributed by atoms with E-state index in [1.54, 1.807) is 54.6 Å². The quantitative estimate of drug-likeness (QED) is 0.0277. The van der Waals surface area contributed by atoms with Crippen LogP contribution in [0.5, 0.6) is 5.75 Å². The van der Waals surface area contributed by atoms with Crippen molar-refractivity contribution in [1.29, 1.82) is 0 Å². The van der Waals surface area contributed by atoms with E-state index in [2.05, 4.69) is 29.8 Å². The van der Waals surface area contributed by atoms with Crippen molar-refractivity contribution in [3.8, 4) is 5.75 Å². The molecule has 0 aliphatic heterocycles. The molecule has 0 radical (unpaired) electrons. The first kappa shape index (κ1) is 44.3. The summed E-state index contributed by atoms with van der Waals surface area (Å²) in [4.78, 5) is 34.5. The Hall–Kier alpha value is -0.730. The zero-order valence-corrected chi connectivity index (χ0v) is 35.2. The number of carboxylic acids is 1. The van der Waals surface area contributed by atoms with Gasteiger partial charge < -0.3 is 40.4 Å². The van der Waals surface area contributed by atoms with E-state index in [1.807, 2.05) is 0 Å². The first-order valence-electron chi connectivity index (χ1n) is 12.0. The fourth-order valence-electron chi connectivity index (χ4n) is 4.16. The minimum absolute atomic E-state index is 0. The molecule has 0 saturated carbocycles. The SMILES string of the molecule is Nc1ccc2cc(SOO[O-])c(N=Nc3ccc(N=Nc4cc(C(=O)[O-])cc(P(=O)([O-])[O-])c4)c4ccccc34)c(O)c2c1.[Na+].[Na+].[Na+].[Na+]. The first-order valence-corrected chi connectivity index (χ1v) is 14.3. The van der Waals surface area contributed by atoms with Gasteiger partial charge in [-0.25, -0.2) is 0 Å². The number of hydrogen-bond acceptors (Lipinski definition) is 15. The van der Waals surface area contributed by atoms with Crippen LogP contribution < -0.4 is 149 Å². The zero-order valence-electron chi connectivity index (χ0n) is 25.4. The summed E-state index contributed by atoms with van der Waals surface area (Å²) in [5, 5.41) is 54.0. The zero-order chi connectivity index (χ0) is 30.7. The van der Waals surface area contributed by atoms with Crippen molar-refractivity contribution >= 4 is 80.9 Å². The fraction of sp³-hybridized carbons (Fsp3) is 0. The number of nitrogen functional groups attached to an aromatic ring is 1. The Balaban J connectivity index is 0.00000276. The molecule has 0 bridgehead atoms. The van der Waals surface area contributed by atoms with Crippen LogP contribution in [0.1, 0.15) is 10.4 Å². The summed E-state index contributed by atoms with van der Waals surface area (Å²) in [6.45, 7) is 0. The van der Waals surface area contributed by atoms with Crippen LogP contribution in [0.3, 0.4) is 0 Å². The van der Waals surface area contributed by atoms with Gasteiger partial charge in [-0.05, 0) is 66.8 Å². The second kappa shape index (κ2) is 19.6. The molecular weight excluding hydrogens is 693 g/mol. The van der Waals surface area contributed by atoms with Crippen LogP contribution >= 0.6 is 19.6 Å². The van der Waals surface area contributed by atoms with Gasteiger partial charge in [0.2, 0.25) is 0 Å². The second-order valence-corrected chi connectivity index (χ2v) is 11.1. The van der Waals surface area contributed by atoms with Crippen LogP contribution in [0, 0.1) is 0 Å². The van der Waals surface area contributed by atoms with Crippen LogP contribution in [-0.2, 0) is 13.9 Å². The molecule has 14 nitrogen and oxygen atoms in total. The van der Waals surface area contributed by atoms with E-state index in [0.29, 0.717) is 56.7 Å². The Labute approximate surface area is 359 Å². The molecule has 5 aromatic carbocycles. The van der Waals surface area contributed by atoms with Crippen LogP contribution in [0.25, 0.3) is 21.5 Å². The molecule has 0 aromatic heterocycles. The monoisotopic (exact) mass is 709 g/mol. The third-order valence-corrected chi connectivity index (χ3v) is 7.60. The molecule has 0 unspecified atom stereocenters. The molecule has 5 aromatic rings. The Morgan fingerprint density at radius 2 is 1.43 bits per heavy atom. The van der Waals surface area contributed by atoms with Gasteiger partial charge in [0.1, 0.15) is 5.69 Å². The molecule has 0 saturated heterocycles. The average molecular weight is 709 g/mol. The summed E-state index contributed by atoms with van der Waals surface area (Å²) in [6.07, 6.45) is 0. The minimum Gasteiger partial charge on any atom is -0.807 e. The van der Waals surface area contributed by atoms with E-state index in [4.69, 9.17) is 5.73 Å². The van der Waals surface area contributed by atoms with Crippen molar-refractivity contribution in [2.24, 2.45) is 20.5 Å². The Morgan fingerprint density at radius 3 is 2.00 bits per heavy atom. The molecule has 0 spiro atoms. The summed E-state index contributed by atoms with van der Waals surface area (Å²) in [5.74, 6) is -1.96. The number of phenols is 1. The van der Waals surface area contributed by atoms with Gasteiger partial charge in [0.05, 0.1) is 40.0 Å². The van der Waals surface area contributed by atoms with Gasteiger partial charge in [-0.3, -0.25) is 5.04 Å². The standard InChI is InChI=1S/C27H20N5O9PS.4Na/c28-16-6-5-14-11-24(43-41-40-36)25(26(33)21(14)12-16)32-31-23-8-7-22(19-3-1-2-4-20(19)23)30-29-17-9-15(27(34)35)10-18(13-17)42(37,38)39;;;;/h1-13,33,36H,28H2,(H,34,35)(H2,37,38,39);;;;/q;4*+1/p-4. The number of aromatic carboxylic acids is 1. The van der Waals surface area contributed by atoms with E-state index in [0.717, 1.165) is 12.1 Å². The summed E-state index contributed by atoms with van der Waals surface area (Å²) < 4.78 is 16.0. The number of carbonyl (C=O) groups excluding carboxylic acids is 1. The van der Waals surface area contributed by atoms with Gasteiger partial charge in [0.15, 0.2) is 5.75 Å². The number of azo groups is 2. The van der Waals surface area contributed by atoms with E-state index >= 15 is 0 Å². The molecule has 47 heavy (non-hydrogen) atoms. The largest absolute Gasteiger partial charge is 1.00 e. The maximum atomic E-state index is 11.5. The Kier molecular flexibility index (Phi) is 18.5. The fourth-order valence-corrected chi connectivity index (χ4v) is 5.24. The van der Waals surface area contributed by atoms with Crippen molar-refractivity contribution in [2.45, 2.75) is 4.90 Å². The van der Waals surface area contributed by atoms with Crippen molar-refractivity contribution in [2.75, 3.05) is 5.73 Å². The number of benzene rings is 5. The summed E-state index contributed by atoms with van der Waals surface area (Å²) in [7, 11) is -5.29. The van der Waals surface area contributed by atoms with E-state index in [1.165, 1.54) is 6.07 Å². The van der Waals surface area contributed by atoms with Crippen LogP contribution in [0.2, 0.25) is 0 Å². The molecule has 0 aliphatic carbocycles. The van der Waals surface area contributed by atoms with Gasteiger partial charge in [0.25, 0.3) is 0 Å². The van der Waals surface area contributed by atoms with Crippen molar-refractivity contribution in [3.63, 3.8) is 0 Å². The topological polar surface area (TPSA) is 241 Å². The number of carbonyl (C=O) groups is 1. The predicted octanol–water partition coefficient (Wildman–Crippen LogP) is -8.74. The van der Waals surface area contributed by atoms with E-state index in [-0.39, 0.29) is 140 Å². The first-order chi connectivity index (χ1) is 20.5. The third kappa shape index (κ3) is 10.9. The molecule has 0 atom stereocenters. The van der Waals surface area contributed by atoms with Crippen LogP contribution in [-0.4, -0.2) is 11.1 Å². The number of anilines is 1. The third-order valence-electron chi connectivity index (χ3n) is 6.09. The normalized spacial score (nSPS) is 11.1. The van der Waals surface area contributed by atoms with Crippen LogP contribution in [0.4, 0.5) is 28.4 Å². The Morgan fingerprint density at radius 1 is 0.809 bits per heavy atom. The van der Waals surface area contributed by atoms with Crippen molar-refractivity contribution in [1.82, 2.24) is 0 Å². The number of nitrogens with zero attached hydrogens (tertiary/aromatic N) is 4. The molecule has 3 N–H and O–H groups in total.